The number of piperidine rings is 1. The molecule has 0 aliphatic carbocycles. The molecule has 1 N–H and O–H groups in total. The van der Waals surface area contributed by atoms with Crippen LogP contribution in [0, 0.1) is 0 Å². The first-order valence-electron chi connectivity index (χ1n) is 7.40. The van der Waals surface area contributed by atoms with E-state index in [-0.39, 0.29) is 5.91 Å². The van der Waals surface area contributed by atoms with E-state index < -0.39 is 0 Å². The second-order valence-corrected chi connectivity index (χ2v) is 5.27. The molecule has 1 heterocycles. The first-order valence-corrected chi connectivity index (χ1v) is 7.40. The van der Waals surface area contributed by atoms with Crippen LogP contribution in [0.3, 0.4) is 0 Å². The summed E-state index contributed by atoms with van der Waals surface area (Å²) in [6, 6.07) is 8.35. The van der Waals surface area contributed by atoms with E-state index in [4.69, 9.17) is 9.47 Å². The van der Waals surface area contributed by atoms with Gasteiger partial charge in [0.15, 0.2) is 0 Å². The first kappa shape index (κ1) is 15.6. The monoisotopic (exact) mass is 292 g/mol. The number of benzene rings is 1. The van der Waals surface area contributed by atoms with Crippen molar-refractivity contribution >= 4 is 11.6 Å². The summed E-state index contributed by atoms with van der Waals surface area (Å²) in [6.45, 7) is 2.12. The molecule has 1 saturated heterocycles. The maximum absolute atomic E-state index is 11.9. The summed E-state index contributed by atoms with van der Waals surface area (Å²) in [4.78, 5) is 13.8. The normalized spacial score (nSPS) is 15.8. The number of hydrogen-bond donors (Lipinski definition) is 1. The van der Waals surface area contributed by atoms with E-state index in [1.807, 2.05) is 29.2 Å². The fourth-order valence-corrected chi connectivity index (χ4v) is 2.57. The van der Waals surface area contributed by atoms with Gasteiger partial charge in [-0.05, 0) is 25.0 Å². The Morgan fingerprint density at radius 1 is 1.33 bits per heavy atom. The van der Waals surface area contributed by atoms with Gasteiger partial charge in [-0.1, -0.05) is 6.07 Å². The number of rotatable bonds is 6. The van der Waals surface area contributed by atoms with Crippen LogP contribution < -0.4 is 10.1 Å². The van der Waals surface area contributed by atoms with Crippen molar-refractivity contribution < 1.29 is 14.3 Å². The SMILES string of the molecule is COCCC(=O)N1CCC(Nc2cccc(OC)c2)CC1. The van der Waals surface area contributed by atoms with Crippen LogP contribution in [0.25, 0.3) is 0 Å². The Morgan fingerprint density at radius 3 is 2.76 bits per heavy atom. The highest BCUT2D eigenvalue weighted by Crippen LogP contribution is 2.21. The van der Waals surface area contributed by atoms with Gasteiger partial charge in [0.05, 0.1) is 20.1 Å². The zero-order valence-corrected chi connectivity index (χ0v) is 12.8. The predicted molar refractivity (Wildman–Crippen MR) is 82.7 cm³/mol. The second-order valence-electron chi connectivity index (χ2n) is 5.27. The Hall–Kier alpha value is -1.75. The van der Waals surface area contributed by atoms with Crippen molar-refractivity contribution in [1.29, 1.82) is 0 Å². The van der Waals surface area contributed by atoms with Crippen LogP contribution in [0.2, 0.25) is 0 Å². The van der Waals surface area contributed by atoms with E-state index in [2.05, 4.69) is 5.32 Å². The number of hydrogen-bond acceptors (Lipinski definition) is 4. The fourth-order valence-electron chi connectivity index (χ4n) is 2.57. The molecule has 0 bridgehead atoms. The first-order chi connectivity index (χ1) is 10.2. The molecule has 1 aliphatic rings. The van der Waals surface area contributed by atoms with Gasteiger partial charge < -0.3 is 19.7 Å². The lowest BCUT2D eigenvalue weighted by molar-refractivity contribution is -0.133. The zero-order chi connectivity index (χ0) is 15.1. The van der Waals surface area contributed by atoms with Crippen molar-refractivity contribution in [1.82, 2.24) is 4.90 Å². The average molecular weight is 292 g/mol. The summed E-state index contributed by atoms with van der Waals surface area (Å²) >= 11 is 0. The number of likely N-dealkylation sites (tertiary alicyclic amines) is 1. The van der Waals surface area contributed by atoms with Gasteiger partial charge in [-0.25, -0.2) is 0 Å². The number of methoxy groups -OCH3 is 2. The van der Waals surface area contributed by atoms with Crippen molar-refractivity contribution in [3.8, 4) is 5.75 Å². The molecule has 1 aromatic carbocycles. The Balaban J connectivity index is 1.79. The third-order valence-electron chi connectivity index (χ3n) is 3.81. The molecule has 0 saturated carbocycles. The molecule has 116 valence electrons. The van der Waals surface area contributed by atoms with E-state index in [1.165, 1.54) is 0 Å². The molecule has 0 radical (unpaired) electrons. The summed E-state index contributed by atoms with van der Waals surface area (Å²) in [5.41, 5.74) is 1.07. The molecule has 1 fully saturated rings. The molecule has 0 spiro atoms. The number of nitrogens with one attached hydrogen (secondary N) is 1. The van der Waals surface area contributed by atoms with Gasteiger partial charge in [-0.3, -0.25) is 4.79 Å². The quantitative estimate of drug-likeness (QED) is 0.872. The van der Waals surface area contributed by atoms with Crippen molar-refractivity contribution in [2.75, 3.05) is 39.2 Å². The van der Waals surface area contributed by atoms with Gasteiger partial charge in [0.2, 0.25) is 5.91 Å². The minimum absolute atomic E-state index is 0.191. The third-order valence-corrected chi connectivity index (χ3v) is 3.81. The summed E-state index contributed by atoms with van der Waals surface area (Å²) in [6.07, 6.45) is 2.41. The van der Waals surface area contributed by atoms with E-state index >= 15 is 0 Å². The number of carbonyl (C=O) groups is 1. The van der Waals surface area contributed by atoms with Gasteiger partial charge in [-0.15, -0.1) is 0 Å². The van der Waals surface area contributed by atoms with Crippen molar-refractivity contribution in [2.45, 2.75) is 25.3 Å². The molecule has 1 amide bonds. The molecule has 2 rings (SSSR count). The molecule has 0 aromatic heterocycles. The van der Waals surface area contributed by atoms with E-state index in [1.54, 1.807) is 14.2 Å². The maximum atomic E-state index is 11.9. The van der Waals surface area contributed by atoms with E-state index in [9.17, 15) is 4.79 Å². The van der Waals surface area contributed by atoms with Gasteiger partial charge in [0.25, 0.3) is 0 Å². The number of amides is 1. The minimum Gasteiger partial charge on any atom is -0.497 e. The summed E-state index contributed by atoms with van der Waals surface area (Å²) in [7, 11) is 3.29. The van der Waals surface area contributed by atoms with E-state index in [0.717, 1.165) is 37.4 Å². The van der Waals surface area contributed by atoms with Gasteiger partial charge in [0.1, 0.15) is 5.75 Å². The van der Waals surface area contributed by atoms with Crippen LogP contribution in [0.4, 0.5) is 5.69 Å². The lowest BCUT2D eigenvalue weighted by Gasteiger charge is -2.33. The van der Waals surface area contributed by atoms with Crippen LogP contribution in [0.1, 0.15) is 19.3 Å². The molecule has 1 aromatic rings. The summed E-state index contributed by atoms with van der Waals surface area (Å²) in [5.74, 6) is 1.05. The van der Waals surface area contributed by atoms with Crippen LogP contribution in [-0.2, 0) is 9.53 Å². The molecule has 5 nitrogen and oxygen atoms in total. The lowest BCUT2D eigenvalue weighted by Crippen LogP contribution is -2.42. The highest BCUT2D eigenvalue weighted by Gasteiger charge is 2.22. The lowest BCUT2D eigenvalue weighted by atomic mass is 10.0. The maximum Gasteiger partial charge on any atom is 0.224 e. The Kier molecular flexibility index (Phi) is 5.87. The topological polar surface area (TPSA) is 50.8 Å². The summed E-state index contributed by atoms with van der Waals surface area (Å²) in [5, 5.41) is 3.52. The van der Waals surface area contributed by atoms with Gasteiger partial charge in [-0.2, -0.15) is 0 Å². The van der Waals surface area contributed by atoms with Crippen LogP contribution in [0.15, 0.2) is 24.3 Å². The van der Waals surface area contributed by atoms with Gasteiger partial charge in [0, 0.05) is 38.0 Å². The minimum atomic E-state index is 0.191. The predicted octanol–water partition coefficient (Wildman–Crippen LogP) is 2.13. The van der Waals surface area contributed by atoms with Crippen LogP contribution in [-0.4, -0.2) is 50.8 Å². The molecular formula is C16H24N2O3. The smallest absolute Gasteiger partial charge is 0.224 e. The molecular weight excluding hydrogens is 268 g/mol. The third kappa shape index (κ3) is 4.63. The average Bonchev–Trinajstić information content (AvgIpc) is 2.53. The Morgan fingerprint density at radius 2 is 2.10 bits per heavy atom. The van der Waals surface area contributed by atoms with Crippen molar-refractivity contribution in [2.24, 2.45) is 0 Å². The largest absolute Gasteiger partial charge is 0.497 e. The zero-order valence-electron chi connectivity index (χ0n) is 12.8. The highest BCUT2D eigenvalue weighted by atomic mass is 16.5. The molecule has 1 aliphatic heterocycles. The van der Waals surface area contributed by atoms with Crippen LogP contribution in [0.5, 0.6) is 5.75 Å². The molecule has 5 heteroatoms. The number of ether oxygens (including phenoxy) is 2. The molecule has 21 heavy (non-hydrogen) atoms. The standard InChI is InChI=1S/C16H24N2O3/c1-20-11-8-16(19)18-9-6-13(7-10-18)17-14-4-3-5-15(12-14)21-2/h3-5,12-13,17H,6-11H2,1-2H3. The second kappa shape index (κ2) is 7.88. The number of carbonyl (C=O) groups excluding carboxylic acids is 1. The summed E-state index contributed by atoms with van der Waals surface area (Å²) < 4.78 is 10.2. The Labute approximate surface area is 126 Å². The van der Waals surface area contributed by atoms with E-state index in [0.29, 0.717) is 19.1 Å². The number of nitrogens with zero attached hydrogens (tertiary/aromatic N) is 1. The molecule has 0 unspecified atom stereocenters. The Bertz CT molecular complexity index is 457. The molecule has 0 atom stereocenters. The van der Waals surface area contributed by atoms with Gasteiger partial charge >= 0.3 is 0 Å². The highest BCUT2D eigenvalue weighted by molar-refractivity contribution is 5.76. The van der Waals surface area contributed by atoms with Crippen LogP contribution >= 0.6 is 0 Å². The number of anilines is 1. The fraction of sp³-hybridized carbons (Fsp3) is 0.562. The van der Waals surface area contributed by atoms with Crippen molar-refractivity contribution in [3.63, 3.8) is 0 Å². The van der Waals surface area contributed by atoms with Crippen molar-refractivity contribution in [3.05, 3.63) is 24.3 Å².